The lowest BCUT2D eigenvalue weighted by atomic mass is 9.92. The molecule has 1 aliphatic heterocycles. The van der Waals surface area contributed by atoms with Gasteiger partial charge in [-0.25, -0.2) is 18.5 Å². The van der Waals surface area contributed by atoms with Gasteiger partial charge >= 0.3 is 7.82 Å². The minimum atomic E-state index is -4.82. The highest BCUT2D eigenvalue weighted by atomic mass is 31.2. The van der Waals surface area contributed by atoms with Crippen molar-refractivity contribution in [1.82, 2.24) is 14.6 Å². The Hall–Kier alpha value is -3.34. The molecule has 0 aliphatic carbocycles. The van der Waals surface area contributed by atoms with Gasteiger partial charge in [0.1, 0.15) is 42.6 Å². The number of phosphoric acid groups is 1. The molecular formula is C42H61FN5O9P. The Bertz CT molecular complexity index is 1820. The normalized spacial score (nSPS) is 20.9. The molecule has 58 heavy (non-hydrogen) atoms. The van der Waals surface area contributed by atoms with Crippen molar-refractivity contribution in [2.75, 3.05) is 26.4 Å². The van der Waals surface area contributed by atoms with E-state index in [1.165, 1.54) is 113 Å². The fraction of sp³-hybridized carbons (Fsp3) is 0.667. The first-order chi connectivity index (χ1) is 28.0. The molecule has 0 spiro atoms. The first kappa shape index (κ1) is 47.3. The highest BCUT2D eigenvalue weighted by molar-refractivity contribution is 7.47. The lowest BCUT2D eigenvalue weighted by Gasteiger charge is -2.24. The van der Waals surface area contributed by atoms with Crippen LogP contribution in [0.4, 0.5) is 4.39 Å². The monoisotopic (exact) mass is 829 g/mol. The van der Waals surface area contributed by atoms with E-state index >= 15 is 0 Å². The molecule has 6 atom stereocenters. The predicted octanol–water partition coefficient (Wildman–Crippen LogP) is 7.89. The van der Waals surface area contributed by atoms with E-state index in [1.807, 2.05) is 12.1 Å². The van der Waals surface area contributed by atoms with Crippen LogP contribution in [0, 0.1) is 35.4 Å². The topological polar surface area (TPSA) is 202 Å². The van der Waals surface area contributed by atoms with Gasteiger partial charge in [-0.15, -0.1) is 0 Å². The van der Waals surface area contributed by atoms with E-state index < -0.39 is 56.9 Å². The molecular weight excluding hydrogens is 768 g/mol. The second-order valence-electron chi connectivity index (χ2n) is 15.1. The zero-order chi connectivity index (χ0) is 41.8. The average molecular weight is 830 g/mol. The van der Waals surface area contributed by atoms with E-state index in [4.69, 9.17) is 28.5 Å². The summed E-state index contributed by atoms with van der Waals surface area (Å²) in [5.41, 5.74) is -0.456. The number of fused-ring (bicyclic) bond motifs is 1. The molecule has 3 N–H and O–H groups in total. The first-order valence-electron chi connectivity index (χ1n) is 20.8. The quantitative estimate of drug-likeness (QED) is 0.0451. The number of benzene rings is 1. The maximum atomic E-state index is 14.6. The van der Waals surface area contributed by atoms with Crippen molar-refractivity contribution < 1.29 is 47.3 Å². The predicted molar refractivity (Wildman–Crippen MR) is 214 cm³/mol. The van der Waals surface area contributed by atoms with Gasteiger partial charge in [0, 0.05) is 12.2 Å². The van der Waals surface area contributed by atoms with Crippen molar-refractivity contribution in [2.24, 2.45) is 0 Å². The number of aliphatic hydroxyl groups is 2. The summed E-state index contributed by atoms with van der Waals surface area (Å²) in [7, 11) is -4.82. The lowest BCUT2D eigenvalue weighted by Crippen LogP contribution is -2.41. The molecule has 0 saturated carbocycles. The zero-order valence-corrected chi connectivity index (χ0v) is 34.9. The Labute approximate surface area is 341 Å². The summed E-state index contributed by atoms with van der Waals surface area (Å²) in [6.45, 7) is 2.99. The first-order valence-corrected chi connectivity index (χ1v) is 22.3. The molecule has 2 aromatic heterocycles. The summed E-state index contributed by atoms with van der Waals surface area (Å²) in [6.07, 6.45) is 15.6. The summed E-state index contributed by atoms with van der Waals surface area (Å²) < 4.78 is 56.9. The molecule has 1 saturated heterocycles. The Morgan fingerprint density at radius 1 is 0.931 bits per heavy atom. The Balaban J connectivity index is 1.20. The molecule has 1 fully saturated rings. The molecule has 0 radical (unpaired) electrons. The molecule has 0 bridgehead atoms. The molecule has 3 aromatic rings. The molecule has 0 amide bonds. The second-order valence-corrected chi connectivity index (χ2v) is 16.5. The zero-order valence-electron chi connectivity index (χ0n) is 34.0. The van der Waals surface area contributed by atoms with Crippen molar-refractivity contribution in [3.05, 3.63) is 65.0 Å². The summed E-state index contributed by atoms with van der Waals surface area (Å²) in [5.74, 6) is -0.634. The highest BCUT2D eigenvalue weighted by Gasteiger charge is 2.58. The van der Waals surface area contributed by atoms with Crippen LogP contribution in [-0.4, -0.2) is 80.5 Å². The summed E-state index contributed by atoms with van der Waals surface area (Å²) in [4.78, 5) is 14.7. The number of hydrogen-bond acceptors (Lipinski definition) is 12. The second kappa shape index (κ2) is 24.7. The number of rotatable bonds is 29. The standard InChI is InChI=1S/C42H61FN5O9P/c1-3-4-5-6-7-8-9-10-11-12-13-14-15-16-17-18-23-53-27-35(54-26-34-20-19-33(25-44)24-36(34)43)28-55-58(51,52)56-29-38-40(49)41(50)42(30-45,57-38)39-22-21-37-32(2)46-31-47-48(37)39/h19-22,24,31,35,38,40-41,49-50H,3-18,23,26-29H2,1-2H3,(H,51,52)/t35-,38-,40-,41-,42+/m1/s1. The third-order valence-corrected chi connectivity index (χ3v) is 11.5. The molecule has 14 nitrogen and oxygen atoms in total. The number of nitriles is 2. The van der Waals surface area contributed by atoms with Crippen LogP contribution < -0.4 is 0 Å². The fourth-order valence-corrected chi connectivity index (χ4v) is 7.85. The van der Waals surface area contributed by atoms with Crippen LogP contribution in [0.3, 0.4) is 0 Å². The third kappa shape index (κ3) is 14.1. The molecule has 16 heteroatoms. The molecule has 1 aliphatic rings. The van der Waals surface area contributed by atoms with Gasteiger partial charge in [-0.05, 0) is 37.6 Å². The van der Waals surface area contributed by atoms with Crippen molar-refractivity contribution in [2.45, 2.75) is 153 Å². The minimum Gasteiger partial charge on any atom is -0.387 e. The fourth-order valence-electron chi connectivity index (χ4n) is 7.09. The largest absolute Gasteiger partial charge is 0.472 e. The summed E-state index contributed by atoms with van der Waals surface area (Å²) >= 11 is 0. The van der Waals surface area contributed by atoms with Crippen molar-refractivity contribution in [3.63, 3.8) is 0 Å². The number of aryl methyl sites for hydroxylation is 1. The minimum absolute atomic E-state index is 0.0216. The SMILES string of the molecule is CCCCCCCCCCCCCCCCCCOC[C@H](COP(=O)(O)OC[C@H]1O[C@@](C#N)(c2ccc3c(C)ncnn23)[C@H](O)[C@@H]1O)OCc1ccc(C#N)cc1F. The molecule has 3 heterocycles. The van der Waals surface area contributed by atoms with Gasteiger partial charge in [-0.2, -0.15) is 15.6 Å². The van der Waals surface area contributed by atoms with Crippen LogP contribution in [0.2, 0.25) is 0 Å². The number of aliphatic hydroxyl groups excluding tert-OH is 2. The Morgan fingerprint density at radius 3 is 2.17 bits per heavy atom. The van der Waals surface area contributed by atoms with E-state index in [9.17, 15) is 29.3 Å². The van der Waals surface area contributed by atoms with Crippen molar-refractivity contribution in [3.8, 4) is 12.1 Å². The maximum Gasteiger partial charge on any atom is 0.472 e. The molecule has 4 rings (SSSR count). The van der Waals surface area contributed by atoms with E-state index in [2.05, 4.69) is 17.0 Å². The number of aromatic nitrogens is 3. The van der Waals surface area contributed by atoms with E-state index in [0.717, 1.165) is 25.3 Å². The molecule has 1 aromatic carbocycles. The van der Waals surface area contributed by atoms with Gasteiger partial charge in [0.2, 0.25) is 5.60 Å². The Kier molecular flexibility index (Phi) is 20.1. The Morgan fingerprint density at radius 2 is 1.57 bits per heavy atom. The maximum absolute atomic E-state index is 14.6. The number of hydrogen-bond donors (Lipinski definition) is 3. The molecule has 1 unspecified atom stereocenters. The van der Waals surface area contributed by atoms with Crippen LogP contribution in [0.15, 0.2) is 36.7 Å². The van der Waals surface area contributed by atoms with E-state index in [1.54, 1.807) is 13.0 Å². The van der Waals surface area contributed by atoms with E-state index in [0.29, 0.717) is 17.8 Å². The lowest BCUT2D eigenvalue weighted by molar-refractivity contribution is -0.0691. The van der Waals surface area contributed by atoms with Gasteiger partial charge in [-0.3, -0.25) is 9.05 Å². The smallest absolute Gasteiger partial charge is 0.387 e. The van der Waals surface area contributed by atoms with Crippen molar-refractivity contribution >= 4 is 13.3 Å². The molecule has 320 valence electrons. The van der Waals surface area contributed by atoms with Crippen LogP contribution in [-0.2, 0) is 40.0 Å². The highest BCUT2D eigenvalue weighted by Crippen LogP contribution is 2.46. The van der Waals surface area contributed by atoms with Gasteiger partial charge in [-0.1, -0.05) is 109 Å². The summed E-state index contributed by atoms with van der Waals surface area (Å²) in [6, 6.07) is 11.0. The summed E-state index contributed by atoms with van der Waals surface area (Å²) in [5, 5.41) is 45.2. The van der Waals surface area contributed by atoms with Crippen LogP contribution >= 0.6 is 7.82 Å². The van der Waals surface area contributed by atoms with E-state index in [-0.39, 0.29) is 30.0 Å². The van der Waals surface area contributed by atoms with Crippen LogP contribution in [0.25, 0.3) is 5.52 Å². The van der Waals surface area contributed by atoms with Gasteiger partial charge in [0.05, 0.1) is 55.0 Å². The van der Waals surface area contributed by atoms with Gasteiger partial charge in [0.15, 0.2) is 0 Å². The number of ether oxygens (including phenoxy) is 3. The average Bonchev–Trinajstić information content (AvgIpc) is 3.77. The number of nitrogens with zero attached hydrogens (tertiary/aromatic N) is 5. The van der Waals surface area contributed by atoms with Crippen molar-refractivity contribution in [1.29, 1.82) is 10.5 Å². The van der Waals surface area contributed by atoms with Gasteiger partial charge in [0.25, 0.3) is 0 Å². The number of halogens is 1. The van der Waals surface area contributed by atoms with Crippen LogP contribution in [0.1, 0.15) is 132 Å². The number of phosphoric ester groups is 1. The van der Waals surface area contributed by atoms with Crippen LogP contribution in [0.5, 0.6) is 0 Å². The van der Waals surface area contributed by atoms with Gasteiger partial charge < -0.3 is 29.3 Å². The number of unbranched alkanes of at least 4 members (excludes halogenated alkanes) is 15. The third-order valence-electron chi connectivity index (χ3n) is 10.6.